The van der Waals surface area contributed by atoms with Crippen molar-refractivity contribution in [3.8, 4) is 0 Å². The van der Waals surface area contributed by atoms with Crippen LogP contribution in [-0.4, -0.2) is 37.2 Å². The number of carbonyl (C=O) groups is 3. The number of carbonyl (C=O) groups excluding carboxylic acids is 3. The van der Waals surface area contributed by atoms with Gasteiger partial charge in [0.05, 0.1) is 0 Å². The van der Waals surface area contributed by atoms with Gasteiger partial charge in [-0.25, -0.2) is 0 Å². The third-order valence-corrected chi connectivity index (χ3v) is 11.3. The summed E-state index contributed by atoms with van der Waals surface area (Å²) in [6, 6.07) is 0. The van der Waals surface area contributed by atoms with Crippen molar-refractivity contribution in [1.82, 2.24) is 0 Å². The lowest BCUT2D eigenvalue weighted by molar-refractivity contribution is -0.167. The predicted molar refractivity (Wildman–Crippen MR) is 288 cm³/mol. The van der Waals surface area contributed by atoms with Crippen molar-refractivity contribution in [3.63, 3.8) is 0 Å². The number of ether oxygens (including phenoxy) is 3. The summed E-state index contributed by atoms with van der Waals surface area (Å²) in [5.41, 5.74) is 0. The van der Waals surface area contributed by atoms with E-state index in [1.165, 1.54) is 83.5 Å². The van der Waals surface area contributed by atoms with Crippen molar-refractivity contribution in [1.29, 1.82) is 0 Å². The molecule has 67 heavy (non-hydrogen) atoms. The summed E-state index contributed by atoms with van der Waals surface area (Å²) >= 11 is 0. The van der Waals surface area contributed by atoms with Gasteiger partial charge in [-0.15, -0.1) is 0 Å². The fourth-order valence-electron chi connectivity index (χ4n) is 7.15. The van der Waals surface area contributed by atoms with Crippen LogP contribution in [0.4, 0.5) is 0 Å². The Balaban J connectivity index is 4.50. The monoisotopic (exact) mass is 929 g/mol. The molecule has 0 fully saturated rings. The Kier molecular flexibility index (Phi) is 51.5. The maximum Gasteiger partial charge on any atom is 0.306 e. The molecule has 0 aromatic rings. The Hall–Kier alpha value is -3.93. The van der Waals surface area contributed by atoms with E-state index in [1.54, 1.807) is 0 Å². The highest BCUT2D eigenvalue weighted by molar-refractivity contribution is 5.71. The van der Waals surface area contributed by atoms with E-state index >= 15 is 0 Å². The molecule has 380 valence electrons. The van der Waals surface area contributed by atoms with Crippen LogP contribution in [0.25, 0.3) is 0 Å². The Labute approximate surface area is 412 Å². The molecule has 0 aliphatic heterocycles. The lowest BCUT2D eigenvalue weighted by Crippen LogP contribution is -2.30. The normalized spacial score (nSPS) is 12.9. The molecular formula is C61H100O6. The van der Waals surface area contributed by atoms with E-state index < -0.39 is 6.10 Å². The molecule has 0 spiro atoms. The van der Waals surface area contributed by atoms with Crippen LogP contribution in [0.3, 0.4) is 0 Å². The van der Waals surface area contributed by atoms with Crippen LogP contribution >= 0.6 is 0 Å². The maximum absolute atomic E-state index is 12.8. The van der Waals surface area contributed by atoms with E-state index in [1.807, 2.05) is 0 Å². The first-order valence-corrected chi connectivity index (χ1v) is 27.4. The van der Waals surface area contributed by atoms with Crippen molar-refractivity contribution >= 4 is 17.9 Å². The molecule has 6 nitrogen and oxygen atoms in total. The van der Waals surface area contributed by atoms with Gasteiger partial charge in [0, 0.05) is 19.3 Å². The zero-order chi connectivity index (χ0) is 48.6. The van der Waals surface area contributed by atoms with Crippen molar-refractivity contribution in [2.45, 2.75) is 245 Å². The van der Waals surface area contributed by atoms with Crippen molar-refractivity contribution in [2.75, 3.05) is 13.2 Å². The van der Waals surface area contributed by atoms with Crippen LogP contribution in [0.5, 0.6) is 0 Å². The Morgan fingerprint density at radius 3 is 1.01 bits per heavy atom. The average molecular weight is 929 g/mol. The van der Waals surface area contributed by atoms with Gasteiger partial charge in [-0.2, -0.15) is 0 Å². The molecular weight excluding hydrogens is 829 g/mol. The lowest BCUT2D eigenvalue weighted by atomic mass is 10.1. The molecule has 0 aromatic heterocycles. The van der Waals surface area contributed by atoms with Crippen molar-refractivity contribution < 1.29 is 28.6 Å². The summed E-state index contributed by atoms with van der Waals surface area (Å²) in [5, 5.41) is 0. The highest BCUT2D eigenvalue weighted by Gasteiger charge is 2.19. The molecule has 0 radical (unpaired) electrons. The quantitative estimate of drug-likeness (QED) is 0.0199. The molecule has 0 saturated carbocycles. The van der Waals surface area contributed by atoms with E-state index in [9.17, 15) is 14.4 Å². The van der Waals surface area contributed by atoms with E-state index in [0.29, 0.717) is 19.3 Å². The Morgan fingerprint density at radius 2 is 0.627 bits per heavy atom. The standard InChI is InChI=1S/C61H100O6/c1-4-7-10-13-16-19-22-25-28-29-30-31-34-36-39-42-45-48-51-54-60(63)66-57-58(67-61(64)55-52-49-46-43-40-37-33-27-24-21-18-15-12-9-6-3)56-65-59(62)53-50-47-44-41-38-35-32-26-23-20-17-14-11-8-5-2/h7,10,16-21,23-28,30-31,36,39,58H,4-6,8-9,11-15,22,29,32-35,37-38,40-57H2,1-3H3/b10-7-,19-16-,20-17-,21-18-,26-23-,27-24-,28-25-,31-30-,39-36-. The van der Waals surface area contributed by atoms with E-state index in [4.69, 9.17) is 14.2 Å². The summed E-state index contributed by atoms with van der Waals surface area (Å²) in [4.78, 5) is 38.1. The summed E-state index contributed by atoms with van der Waals surface area (Å²) in [7, 11) is 0. The van der Waals surface area contributed by atoms with Crippen LogP contribution in [0.15, 0.2) is 109 Å². The Morgan fingerprint density at radius 1 is 0.328 bits per heavy atom. The van der Waals surface area contributed by atoms with Crippen LogP contribution in [0.2, 0.25) is 0 Å². The van der Waals surface area contributed by atoms with Gasteiger partial charge >= 0.3 is 17.9 Å². The van der Waals surface area contributed by atoms with Gasteiger partial charge in [0.15, 0.2) is 6.10 Å². The SMILES string of the molecule is CC/C=C\C/C=C\C/C=C\C/C=C\C/C=C\CCCCCC(=O)OCC(COC(=O)CCCCCCCC/C=C\C=C/CCCCC)OC(=O)CCCCCCCC/C=C\C=C/CCCCC. The minimum Gasteiger partial charge on any atom is -0.462 e. The van der Waals surface area contributed by atoms with Crippen LogP contribution in [-0.2, 0) is 28.6 Å². The summed E-state index contributed by atoms with van der Waals surface area (Å²) < 4.78 is 16.8. The second-order valence-corrected chi connectivity index (χ2v) is 17.8. The van der Waals surface area contributed by atoms with Crippen molar-refractivity contribution in [2.24, 2.45) is 0 Å². The molecule has 0 amide bonds. The largest absolute Gasteiger partial charge is 0.462 e. The molecule has 0 heterocycles. The first-order chi connectivity index (χ1) is 33.0. The van der Waals surface area contributed by atoms with E-state index in [0.717, 1.165) is 116 Å². The first kappa shape index (κ1) is 63.1. The second kappa shape index (κ2) is 54.7. The molecule has 0 aromatic carbocycles. The fourth-order valence-corrected chi connectivity index (χ4v) is 7.15. The van der Waals surface area contributed by atoms with E-state index in [2.05, 4.69) is 130 Å². The molecule has 0 saturated heterocycles. The minimum absolute atomic E-state index is 0.102. The molecule has 0 rings (SSSR count). The highest BCUT2D eigenvalue weighted by atomic mass is 16.6. The number of rotatable bonds is 48. The molecule has 0 N–H and O–H groups in total. The van der Waals surface area contributed by atoms with Gasteiger partial charge < -0.3 is 14.2 Å². The summed E-state index contributed by atoms with van der Waals surface area (Å²) in [6.07, 6.45) is 73.5. The van der Waals surface area contributed by atoms with Gasteiger partial charge in [0.2, 0.25) is 0 Å². The molecule has 0 bridgehead atoms. The number of allylic oxidation sites excluding steroid dienone is 18. The van der Waals surface area contributed by atoms with Gasteiger partial charge in [0.1, 0.15) is 13.2 Å². The zero-order valence-electron chi connectivity index (χ0n) is 43.4. The molecule has 1 atom stereocenters. The lowest BCUT2D eigenvalue weighted by Gasteiger charge is -2.18. The van der Waals surface area contributed by atoms with E-state index in [-0.39, 0.29) is 31.1 Å². The summed E-state index contributed by atoms with van der Waals surface area (Å²) in [5.74, 6) is -0.959. The molecule has 1 unspecified atom stereocenters. The fraction of sp³-hybridized carbons (Fsp3) is 0.656. The zero-order valence-corrected chi connectivity index (χ0v) is 43.4. The third-order valence-electron chi connectivity index (χ3n) is 11.3. The average Bonchev–Trinajstić information content (AvgIpc) is 3.33. The topological polar surface area (TPSA) is 78.9 Å². The van der Waals surface area contributed by atoms with Crippen LogP contribution in [0, 0.1) is 0 Å². The number of esters is 3. The minimum atomic E-state index is -0.805. The third kappa shape index (κ3) is 52.9. The highest BCUT2D eigenvalue weighted by Crippen LogP contribution is 2.13. The molecule has 0 aliphatic rings. The summed E-state index contributed by atoms with van der Waals surface area (Å²) in [6.45, 7) is 6.41. The van der Waals surface area contributed by atoms with Crippen LogP contribution < -0.4 is 0 Å². The van der Waals surface area contributed by atoms with Gasteiger partial charge in [-0.1, -0.05) is 214 Å². The number of hydrogen-bond acceptors (Lipinski definition) is 6. The number of unbranched alkanes of at least 4 members (excludes halogenated alkanes) is 21. The molecule has 0 aliphatic carbocycles. The molecule has 6 heteroatoms. The first-order valence-electron chi connectivity index (χ1n) is 27.4. The van der Waals surface area contributed by atoms with Crippen molar-refractivity contribution in [3.05, 3.63) is 109 Å². The van der Waals surface area contributed by atoms with Gasteiger partial charge in [0.25, 0.3) is 0 Å². The Bertz CT molecular complexity index is 1390. The van der Waals surface area contributed by atoms with Gasteiger partial charge in [-0.3, -0.25) is 14.4 Å². The smallest absolute Gasteiger partial charge is 0.306 e. The number of hydrogen-bond donors (Lipinski definition) is 0. The van der Waals surface area contributed by atoms with Gasteiger partial charge in [-0.05, 0) is 116 Å². The van der Waals surface area contributed by atoms with Crippen LogP contribution in [0.1, 0.15) is 239 Å². The second-order valence-electron chi connectivity index (χ2n) is 17.8. The maximum atomic E-state index is 12.8. The predicted octanol–water partition coefficient (Wildman–Crippen LogP) is 18.3.